The van der Waals surface area contributed by atoms with E-state index in [9.17, 15) is 5.26 Å². The Kier molecular flexibility index (Phi) is 2.95. The van der Waals surface area contributed by atoms with Crippen molar-refractivity contribution in [3.8, 4) is 11.8 Å². The molecule has 0 amide bonds. The molecule has 130 valence electrons. The number of benzene rings is 4. The molecule has 0 spiro atoms. The van der Waals surface area contributed by atoms with Crippen molar-refractivity contribution in [2.75, 3.05) is 0 Å². The molecule has 6 aromatic rings. The molecule has 1 N–H and O–H groups in total. The van der Waals surface area contributed by atoms with Crippen LogP contribution in [0.25, 0.3) is 49.3 Å². The molecule has 0 bridgehead atoms. The van der Waals surface area contributed by atoms with Gasteiger partial charge in [-0.1, -0.05) is 42.5 Å². The number of fused-ring (bicyclic) bond motifs is 6. The maximum Gasteiger partial charge on any atom is 0.0991 e. The second-order valence-corrected chi connectivity index (χ2v) is 7.10. The van der Waals surface area contributed by atoms with E-state index in [1.807, 2.05) is 18.2 Å². The van der Waals surface area contributed by atoms with Crippen LogP contribution in [0.2, 0.25) is 0 Å². The first-order chi connectivity index (χ1) is 13.8. The molecule has 0 unspecified atom stereocenters. The van der Waals surface area contributed by atoms with Gasteiger partial charge in [-0.2, -0.15) is 5.26 Å². The lowest BCUT2D eigenvalue weighted by Gasteiger charge is -2.08. The lowest BCUT2D eigenvalue weighted by Crippen LogP contribution is -1.93. The summed E-state index contributed by atoms with van der Waals surface area (Å²) in [7, 11) is 0. The van der Waals surface area contributed by atoms with Crippen LogP contribution in [0.4, 0.5) is 0 Å². The maximum atomic E-state index is 9.21. The van der Waals surface area contributed by atoms with Gasteiger partial charge in [-0.25, -0.2) is 0 Å². The molecule has 28 heavy (non-hydrogen) atoms. The highest BCUT2D eigenvalue weighted by Gasteiger charge is 2.13. The summed E-state index contributed by atoms with van der Waals surface area (Å²) in [6.45, 7) is 0. The number of nitrogens with one attached hydrogen (secondary N) is 1. The van der Waals surface area contributed by atoms with Crippen LogP contribution in [0, 0.1) is 11.3 Å². The van der Waals surface area contributed by atoms with E-state index in [1.165, 1.54) is 21.8 Å². The molecule has 0 saturated heterocycles. The highest BCUT2D eigenvalue weighted by atomic mass is 15.0. The lowest BCUT2D eigenvalue weighted by atomic mass is 10.1. The molecule has 4 aromatic carbocycles. The molecular formula is C25H15N3. The Morgan fingerprint density at radius 2 is 1.36 bits per heavy atom. The fourth-order valence-electron chi connectivity index (χ4n) is 4.30. The highest BCUT2D eigenvalue weighted by Crippen LogP contribution is 2.34. The number of H-pyrrole nitrogens is 1. The molecule has 0 radical (unpaired) electrons. The summed E-state index contributed by atoms with van der Waals surface area (Å²) in [6, 6.07) is 31.6. The van der Waals surface area contributed by atoms with E-state index < -0.39 is 0 Å². The number of para-hydroxylation sites is 2. The SMILES string of the molecule is N#Cc1ccc2[nH]c3cc(-n4c5ccccc5c5ccccc54)ccc3c2c1. The van der Waals surface area contributed by atoms with Gasteiger partial charge < -0.3 is 9.55 Å². The van der Waals surface area contributed by atoms with Gasteiger partial charge in [0, 0.05) is 38.3 Å². The molecule has 0 aliphatic heterocycles. The van der Waals surface area contributed by atoms with Crippen LogP contribution in [0.3, 0.4) is 0 Å². The van der Waals surface area contributed by atoms with Crippen molar-refractivity contribution in [3.05, 3.63) is 90.5 Å². The van der Waals surface area contributed by atoms with E-state index in [0.29, 0.717) is 5.56 Å². The maximum absolute atomic E-state index is 9.21. The van der Waals surface area contributed by atoms with E-state index >= 15 is 0 Å². The summed E-state index contributed by atoms with van der Waals surface area (Å²) in [6.07, 6.45) is 0. The molecule has 0 aliphatic carbocycles. The van der Waals surface area contributed by atoms with Gasteiger partial charge in [0.2, 0.25) is 0 Å². The normalized spacial score (nSPS) is 11.5. The Morgan fingerprint density at radius 3 is 2.07 bits per heavy atom. The zero-order chi connectivity index (χ0) is 18.7. The number of nitriles is 1. The fraction of sp³-hybridized carbons (Fsp3) is 0. The van der Waals surface area contributed by atoms with Gasteiger partial charge in [-0.15, -0.1) is 0 Å². The average molecular weight is 357 g/mol. The van der Waals surface area contributed by atoms with Gasteiger partial charge in [0.25, 0.3) is 0 Å². The number of aromatic amines is 1. The summed E-state index contributed by atoms with van der Waals surface area (Å²) >= 11 is 0. The molecule has 0 aliphatic rings. The summed E-state index contributed by atoms with van der Waals surface area (Å²) in [4.78, 5) is 3.51. The van der Waals surface area contributed by atoms with Gasteiger partial charge in [0.1, 0.15) is 0 Å². The van der Waals surface area contributed by atoms with Crippen molar-refractivity contribution >= 4 is 43.6 Å². The van der Waals surface area contributed by atoms with Crippen LogP contribution < -0.4 is 0 Å². The quantitative estimate of drug-likeness (QED) is 0.369. The first kappa shape index (κ1) is 15.1. The summed E-state index contributed by atoms with van der Waals surface area (Å²) in [5.41, 5.74) is 6.33. The smallest absolute Gasteiger partial charge is 0.0991 e. The van der Waals surface area contributed by atoms with Crippen LogP contribution in [0.1, 0.15) is 5.56 Å². The minimum absolute atomic E-state index is 0.680. The lowest BCUT2D eigenvalue weighted by molar-refractivity contribution is 1.18. The van der Waals surface area contributed by atoms with Gasteiger partial charge in [-0.05, 0) is 42.5 Å². The Hall–Kier alpha value is -4.03. The Balaban J connectivity index is 1.69. The molecule has 0 saturated carbocycles. The zero-order valence-corrected chi connectivity index (χ0v) is 15.0. The predicted octanol–water partition coefficient (Wildman–Crippen LogP) is 6.29. The Morgan fingerprint density at radius 1 is 0.643 bits per heavy atom. The third-order valence-corrected chi connectivity index (χ3v) is 5.55. The van der Waals surface area contributed by atoms with E-state index in [2.05, 4.69) is 82.4 Å². The third-order valence-electron chi connectivity index (χ3n) is 5.55. The number of nitrogens with zero attached hydrogens (tertiary/aromatic N) is 2. The number of hydrogen-bond donors (Lipinski definition) is 1. The van der Waals surface area contributed by atoms with Crippen LogP contribution >= 0.6 is 0 Å². The van der Waals surface area contributed by atoms with Crippen molar-refractivity contribution in [3.63, 3.8) is 0 Å². The fourth-order valence-corrected chi connectivity index (χ4v) is 4.30. The van der Waals surface area contributed by atoms with E-state index in [-0.39, 0.29) is 0 Å². The van der Waals surface area contributed by atoms with Crippen molar-refractivity contribution < 1.29 is 0 Å². The minimum Gasteiger partial charge on any atom is -0.354 e. The van der Waals surface area contributed by atoms with E-state index in [1.54, 1.807) is 0 Å². The molecule has 2 heterocycles. The monoisotopic (exact) mass is 357 g/mol. The molecule has 2 aromatic heterocycles. The number of rotatable bonds is 1. The Labute approximate surface area is 161 Å². The molecule has 6 rings (SSSR count). The highest BCUT2D eigenvalue weighted by molar-refractivity contribution is 6.11. The van der Waals surface area contributed by atoms with Crippen molar-refractivity contribution in [1.29, 1.82) is 5.26 Å². The van der Waals surface area contributed by atoms with Crippen LogP contribution in [0.15, 0.2) is 84.9 Å². The summed E-state index contributed by atoms with van der Waals surface area (Å²) < 4.78 is 2.32. The minimum atomic E-state index is 0.680. The van der Waals surface area contributed by atoms with Crippen LogP contribution in [-0.4, -0.2) is 9.55 Å². The Bertz CT molecular complexity index is 1520. The second kappa shape index (κ2) is 5.48. The number of aromatic nitrogens is 2. The molecule has 0 atom stereocenters. The summed E-state index contributed by atoms with van der Waals surface area (Å²) in [5, 5.41) is 14.0. The van der Waals surface area contributed by atoms with E-state index in [0.717, 1.165) is 27.5 Å². The van der Waals surface area contributed by atoms with Crippen molar-refractivity contribution in [1.82, 2.24) is 9.55 Å². The predicted molar refractivity (Wildman–Crippen MR) is 115 cm³/mol. The van der Waals surface area contributed by atoms with Crippen LogP contribution in [0.5, 0.6) is 0 Å². The van der Waals surface area contributed by atoms with Gasteiger partial charge >= 0.3 is 0 Å². The average Bonchev–Trinajstić information content (AvgIpc) is 3.28. The second-order valence-electron chi connectivity index (χ2n) is 7.10. The van der Waals surface area contributed by atoms with Crippen molar-refractivity contribution in [2.45, 2.75) is 0 Å². The molecular weight excluding hydrogens is 342 g/mol. The van der Waals surface area contributed by atoms with Gasteiger partial charge in [0.05, 0.1) is 22.7 Å². The zero-order valence-electron chi connectivity index (χ0n) is 15.0. The first-order valence-electron chi connectivity index (χ1n) is 9.28. The largest absolute Gasteiger partial charge is 0.354 e. The number of hydrogen-bond acceptors (Lipinski definition) is 1. The standard InChI is InChI=1S/C25H15N3/c26-15-16-9-12-22-21(13-16)18-11-10-17(14-23(18)27-22)28-24-7-3-1-5-19(24)20-6-2-4-8-25(20)28/h1-14,27H. The van der Waals surface area contributed by atoms with Gasteiger partial charge in [0.15, 0.2) is 0 Å². The van der Waals surface area contributed by atoms with E-state index in [4.69, 9.17) is 0 Å². The summed E-state index contributed by atoms with van der Waals surface area (Å²) in [5.74, 6) is 0. The molecule has 0 fully saturated rings. The molecule has 3 nitrogen and oxygen atoms in total. The first-order valence-corrected chi connectivity index (χ1v) is 9.28. The van der Waals surface area contributed by atoms with Crippen molar-refractivity contribution in [2.24, 2.45) is 0 Å². The van der Waals surface area contributed by atoms with Crippen LogP contribution in [-0.2, 0) is 0 Å². The topological polar surface area (TPSA) is 44.5 Å². The molecule has 3 heteroatoms. The van der Waals surface area contributed by atoms with Gasteiger partial charge in [-0.3, -0.25) is 0 Å². The third kappa shape index (κ3) is 1.97.